The van der Waals surface area contributed by atoms with Crippen LogP contribution in [-0.2, 0) is 36.5 Å². The van der Waals surface area contributed by atoms with Crippen LogP contribution in [0.5, 0.6) is 0 Å². The number of hydrogen-bond acceptors (Lipinski definition) is 6. The summed E-state index contributed by atoms with van der Waals surface area (Å²) in [5, 5.41) is 3.89. The van der Waals surface area contributed by atoms with Crippen molar-refractivity contribution < 1.29 is 4.79 Å². The number of rotatable bonds is 9. The molecule has 3 aromatic rings. The van der Waals surface area contributed by atoms with Crippen molar-refractivity contribution in [1.29, 1.82) is 0 Å². The van der Waals surface area contributed by atoms with Gasteiger partial charge in [-0.2, -0.15) is 11.8 Å². The lowest BCUT2D eigenvalue weighted by atomic mass is 10.0. The zero-order valence-corrected chi connectivity index (χ0v) is 21.2. The van der Waals surface area contributed by atoms with Crippen LogP contribution in [0.25, 0.3) is 10.2 Å². The number of hydrogen-bond donors (Lipinski definition) is 2. The van der Waals surface area contributed by atoms with E-state index in [4.69, 9.17) is 0 Å². The van der Waals surface area contributed by atoms with Crippen LogP contribution in [0.4, 0.5) is 0 Å². The maximum Gasteiger partial charge on any atom is 0.259 e. The minimum absolute atomic E-state index is 0.0130. The lowest BCUT2D eigenvalue weighted by Gasteiger charge is -2.27. The molecule has 2 N–H and O–H groups in total. The number of likely N-dealkylation sites (tertiary alicyclic amines) is 1. The Labute approximate surface area is 208 Å². The van der Waals surface area contributed by atoms with Crippen molar-refractivity contribution in [3.8, 4) is 0 Å². The molecule has 0 bridgehead atoms. The summed E-state index contributed by atoms with van der Waals surface area (Å²) >= 11 is 3.30. The molecule has 0 atom stereocenters. The number of nitrogens with zero attached hydrogens (tertiary/aromatic N) is 2. The molecular weight excluding hydrogens is 464 g/mol. The number of carbonyl (C=O) groups is 1. The molecule has 2 aliphatic rings. The first-order chi connectivity index (χ1) is 16.7. The Hall–Kier alpha value is -2.16. The molecular formula is C26H32N4O2S2. The second-order valence-corrected chi connectivity index (χ2v) is 11.4. The van der Waals surface area contributed by atoms with Crippen LogP contribution in [-0.4, -0.2) is 39.6 Å². The molecule has 0 unspecified atom stereocenters. The normalized spacial score (nSPS) is 16.1. The molecule has 5 rings (SSSR count). The largest absolute Gasteiger partial charge is 0.352 e. The molecule has 1 aliphatic carbocycles. The van der Waals surface area contributed by atoms with Crippen molar-refractivity contribution in [2.45, 2.75) is 63.8 Å². The predicted molar refractivity (Wildman–Crippen MR) is 140 cm³/mol. The summed E-state index contributed by atoms with van der Waals surface area (Å²) in [6, 6.07) is 8.43. The summed E-state index contributed by atoms with van der Waals surface area (Å²) in [4.78, 5) is 37.3. The topological polar surface area (TPSA) is 78.1 Å². The Kier molecular flexibility index (Phi) is 7.67. The number of thioether (sulfide) groups is 1. The van der Waals surface area contributed by atoms with E-state index in [1.54, 1.807) is 23.1 Å². The molecule has 34 heavy (non-hydrogen) atoms. The van der Waals surface area contributed by atoms with Crippen molar-refractivity contribution >= 4 is 39.2 Å². The number of aromatic nitrogens is 2. The van der Waals surface area contributed by atoms with E-state index in [1.165, 1.54) is 53.9 Å². The van der Waals surface area contributed by atoms with Crippen molar-refractivity contribution in [3.63, 3.8) is 0 Å². The highest BCUT2D eigenvalue weighted by atomic mass is 32.2. The van der Waals surface area contributed by atoms with Crippen LogP contribution in [0.2, 0.25) is 0 Å². The van der Waals surface area contributed by atoms with Gasteiger partial charge in [-0.1, -0.05) is 30.7 Å². The molecule has 0 spiro atoms. The molecule has 8 heteroatoms. The van der Waals surface area contributed by atoms with E-state index in [-0.39, 0.29) is 11.5 Å². The van der Waals surface area contributed by atoms with E-state index in [0.29, 0.717) is 30.3 Å². The van der Waals surface area contributed by atoms with Crippen LogP contribution < -0.4 is 10.9 Å². The van der Waals surface area contributed by atoms with Crippen LogP contribution in [0.15, 0.2) is 29.1 Å². The number of amides is 1. The molecule has 1 aliphatic heterocycles. The van der Waals surface area contributed by atoms with Gasteiger partial charge in [0.05, 0.1) is 11.1 Å². The lowest BCUT2D eigenvalue weighted by molar-refractivity contribution is -0.120. The van der Waals surface area contributed by atoms with Gasteiger partial charge in [0.2, 0.25) is 5.91 Å². The molecule has 1 saturated heterocycles. The van der Waals surface area contributed by atoms with Gasteiger partial charge in [-0.05, 0) is 61.9 Å². The number of piperidine rings is 1. The van der Waals surface area contributed by atoms with Crippen molar-refractivity contribution in [1.82, 2.24) is 20.2 Å². The van der Waals surface area contributed by atoms with Crippen LogP contribution >= 0.6 is 23.1 Å². The minimum atomic E-state index is -0.0130. The van der Waals surface area contributed by atoms with Crippen LogP contribution in [0.1, 0.15) is 59.5 Å². The van der Waals surface area contributed by atoms with E-state index < -0.39 is 0 Å². The third-order valence-corrected chi connectivity index (χ3v) is 8.93. The fraction of sp³-hybridized carbons (Fsp3) is 0.500. The van der Waals surface area contributed by atoms with Gasteiger partial charge in [0.25, 0.3) is 5.56 Å². The quantitative estimate of drug-likeness (QED) is 0.430. The number of nitrogens with one attached hydrogen (secondary N) is 2. The fourth-order valence-electron chi connectivity index (χ4n) is 4.97. The van der Waals surface area contributed by atoms with E-state index in [2.05, 4.69) is 38.4 Å². The van der Waals surface area contributed by atoms with E-state index in [0.717, 1.165) is 36.0 Å². The van der Waals surface area contributed by atoms with Gasteiger partial charge >= 0.3 is 0 Å². The number of benzene rings is 1. The third-order valence-electron chi connectivity index (χ3n) is 6.77. The van der Waals surface area contributed by atoms with Crippen LogP contribution in [0.3, 0.4) is 0 Å². The van der Waals surface area contributed by atoms with Gasteiger partial charge in [0, 0.05) is 30.1 Å². The van der Waals surface area contributed by atoms with Crippen molar-refractivity contribution in [3.05, 3.63) is 62.0 Å². The van der Waals surface area contributed by atoms with E-state index in [1.807, 2.05) is 6.07 Å². The summed E-state index contributed by atoms with van der Waals surface area (Å²) in [5.41, 5.74) is 3.71. The average Bonchev–Trinajstić information content (AvgIpc) is 3.43. The van der Waals surface area contributed by atoms with Gasteiger partial charge in [0.15, 0.2) is 0 Å². The highest BCUT2D eigenvalue weighted by Gasteiger charge is 2.21. The summed E-state index contributed by atoms with van der Waals surface area (Å²) in [5.74, 6) is 2.07. The molecule has 180 valence electrons. The van der Waals surface area contributed by atoms with Gasteiger partial charge in [0.1, 0.15) is 10.7 Å². The molecule has 3 heterocycles. The molecule has 6 nitrogen and oxygen atoms in total. The molecule has 0 saturated carbocycles. The lowest BCUT2D eigenvalue weighted by Crippen LogP contribution is -2.30. The summed E-state index contributed by atoms with van der Waals surface area (Å²) in [7, 11) is 0. The summed E-state index contributed by atoms with van der Waals surface area (Å²) < 4.78 is 0. The number of H-pyrrole nitrogens is 1. The second kappa shape index (κ2) is 11.1. The molecule has 0 radical (unpaired) electrons. The Bertz CT molecular complexity index is 1210. The highest BCUT2D eigenvalue weighted by molar-refractivity contribution is 7.98. The average molecular weight is 497 g/mol. The Morgan fingerprint density at radius 1 is 1.12 bits per heavy atom. The first-order valence-electron chi connectivity index (χ1n) is 12.3. The van der Waals surface area contributed by atoms with E-state index in [9.17, 15) is 9.59 Å². The van der Waals surface area contributed by atoms with E-state index >= 15 is 0 Å². The fourth-order valence-corrected chi connectivity index (χ4v) is 7.06. The number of fused-ring (bicyclic) bond motifs is 3. The standard InChI is InChI=1S/C26H32N4O2S2/c31-23(27-15-18-7-2-3-8-19(18)16-30-12-4-1-5-13-30)11-14-33-17-22-28-25(32)24-20-9-6-10-21(20)34-26(24)29-22/h2-3,7-8H,1,4-6,9-17H2,(H,27,31)(H,28,29,32). The molecule has 1 aromatic carbocycles. The highest BCUT2D eigenvalue weighted by Crippen LogP contribution is 2.34. The second-order valence-electron chi connectivity index (χ2n) is 9.23. The molecule has 1 amide bonds. The number of carbonyl (C=O) groups excluding carboxylic acids is 1. The van der Waals surface area contributed by atoms with Crippen molar-refractivity contribution in [2.24, 2.45) is 0 Å². The molecule has 1 fully saturated rings. The van der Waals surface area contributed by atoms with Crippen LogP contribution in [0, 0.1) is 0 Å². The smallest absolute Gasteiger partial charge is 0.259 e. The monoisotopic (exact) mass is 496 g/mol. The van der Waals surface area contributed by atoms with Gasteiger partial charge < -0.3 is 10.3 Å². The number of thiophene rings is 1. The maximum atomic E-state index is 12.6. The first-order valence-corrected chi connectivity index (χ1v) is 14.3. The zero-order chi connectivity index (χ0) is 23.3. The Morgan fingerprint density at radius 2 is 1.94 bits per heavy atom. The van der Waals surface area contributed by atoms with Gasteiger partial charge in [-0.25, -0.2) is 4.98 Å². The predicted octanol–water partition coefficient (Wildman–Crippen LogP) is 4.40. The third kappa shape index (κ3) is 5.56. The number of aryl methyl sites for hydroxylation is 2. The molecule has 2 aromatic heterocycles. The van der Waals surface area contributed by atoms with Crippen molar-refractivity contribution in [2.75, 3.05) is 18.8 Å². The Balaban J connectivity index is 1.08. The Morgan fingerprint density at radius 3 is 2.79 bits per heavy atom. The SMILES string of the molecule is O=C(CCSCc1nc2sc3c(c2c(=O)[nH]1)CCC3)NCc1ccccc1CN1CCCCC1. The summed E-state index contributed by atoms with van der Waals surface area (Å²) in [6.45, 7) is 3.87. The van der Waals surface area contributed by atoms with Gasteiger partial charge in [-0.3, -0.25) is 14.5 Å². The zero-order valence-electron chi connectivity index (χ0n) is 19.5. The summed E-state index contributed by atoms with van der Waals surface area (Å²) in [6.07, 6.45) is 7.55. The first kappa shape index (κ1) is 23.6. The maximum absolute atomic E-state index is 12.6. The minimum Gasteiger partial charge on any atom is -0.352 e. The number of aromatic amines is 1. The van der Waals surface area contributed by atoms with Gasteiger partial charge in [-0.15, -0.1) is 11.3 Å².